The van der Waals surface area contributed by atoms with Gasteiger partial charge in [-0.2, -0.15) is 13.2 Å². The van der Waals surface area contributed by atoms with E-state index in [1.165, 1.54) is 4.90 Å². The van der Waals surface area contributed by atoms with Crippen molar-refractivity contribution in [3.05, 3.63) is 34.9 Å². The molecule has 5 nitrogen and oxygen atoms in total. The Morgan fingerprint density at radius 3 is 2.00 bits per heavy atom. The fourth-order valence-corrected chi connectivity index (χ4v) is 3.98. The first kappa shape index (κ1) is 24.7. The Kier molecular flexibility index (Phi) is 7.65. The molecule has 2 fully saturated rings. The number of alkyl halides is 5. The van der Waals surface area contributed by atoms with Gasteiger partial charge in [0.2, 0.25) is 0 Å². The number of rotatable bonds is 5. The Labute approximate surface area is 185 Å². The van der Waals surface area contributed by atoms with Crippen molar-refractivity contribution in [2.75, 3.05) is 39.3 Å². The fourth-order valence-electron chi connectivity index (χ4n) is 3.98. The minimum atomic E-state index is -4.57. The van der Waals surface area contributed by atoms with Crippen LogP contribution in [0.2, 0.25) is 0 Å². The number of piperidine rings is 1. The highest BCUT2D eigenvalue weighted by Gasteiger charge is 2.40. The smallest absolute Gasteiger partial charge is 0.425 e. The van der Waals surface area contributed by atoms with Gasteiger partial charge in [-0.1, -0.05) is 18.2 Å². The lowest BCUT2D eigenvalue weighted by atomic mass is 9.99. The van der Waals surface area contributed by atoms with E-state index in [0.717, 1.165) is 23.6 Å². The first-order valence-corrected chi connectivity index (χ1v) is 10.9. The van der Waals surface area contributed by atoms with Crippen molar-refractivity contribution < 1.29 is 31.5 Å². The van der Waals surface area contributed by atoms with E-state index in [0.29, 0.717) is 52.4 Å². The third kappa shape index (κ3) is 6.54. The summed E-state index contributed by atoms with van der Waals surface area (Å²) in [5.74, 6) is -2.56. The number of carbonyl (C=O) groups is 1. The Morgan fingerprint density at radius 2 is 1.50 bits per heavy atom. The molecular weight excluding hydrogens is 433 g/mol. The van der Waals surface area contributed by atoms with Crippen molar-refractivity contribution in [3.8, 4) is 0 Å². The van der Waals surface area contributed by atoms with Crippen LogP contribution in [0.3, 0.4) is 0 Å². The van der Waals surface area contributed by atoms with Crippen molar-refractivity contribution in [1.29, 1.82) is 0 Å². The Bertz CT molecular complexity index is 784. The predicted octanol–water partition coefficient (Wildman–Crippen LogP) is 4.43. The molecule has 10 heteroatoms. The van der Waals surface area contributed by atoms with E-state index in [1.807, 2.05) is 25.1 Å². The van der Waals surface area contributed by atoms with Gasteiger partial charge in [0.15, 0.2) is 6.10 Å². The zero-order valence-corrected chi connectivity index (χ0v) is 18.4. The molecule has 3 rings (SSSR count). The molecule has 1 aromatic carbocycles. The largest absolute Gasteiger partial charge is 0.437 e. The number of piperazine rings is 1. The Balaban J connectivity index is 1.51. The zero-order chi connectivity index (χ0) is 23.5. The maximum absolute atomic E-state index is 13.4. The summed E-state index contributed by atoms with van der Waals surface area (Å²) in [7, 11) is 0. The molecule has 0 aromatic heterocycles. The first-order chi connectivity index (χ1) is 14.9. The van der Waals surface area contributed by atoms with Crippen LogP contribution in [-0.2, 0) is 17.8 Å². The fraction of sp³-hybridized carbons (Fsp3) is 0.682. The minimum absolute atomic E-state index is 0.111. The standard InChI is InChI=1S/C22H30F5N3O2/c1-16-18(14-28-8-6-21(23,24)7-9-28)4-3-5-19(16)15-29-10-12-30(13-11-29)20(31)32-17(2)22(25,26)27/h3-5,17H,6-15H2,1-2H3. The summed E-state index contributed by atoms with van der Waals surface area (Å²) in [6, 6.07) is 6.00. The van der Waals surface area contributed by atoms with Gasteiger partial charge < -0.3 is 9.64 Å². The molecule has 0 spiro atoms. The van der Waals surface area contributed by atoms with Crippen LogP contribution in [0.1, 0.15) is 36.5 Å². The highest BCUT2D eigenvalue weighted by Crippen LogP contribution is 2.29. The molecule has 0 bridgehead atoms. The SMILES string of the molecule is Cc1c(CN2CCN(C(=O)OC(C)C(F)(F)F)CC2)cccc1CN1CCC(F)(F)CC1. The molecule has 0 N–H and O–H groups in total. The van der Waals surface area contributed by atoms with Crippen molar-refractivity contribution in [2.24, 2.45) is 0 Å². The summed E-state index contributed by atoms with van der Waals surface area (Å²) in [4.78, 5) is 17.5. The van der Waals surface area contributed by atoms with E-state index in [4.69, 9.17) is 0 Å². The lowest BCUT2D eigenvalue weighted by Crippen LogP contribution is -2.49. The van der Waals surface area contributed by atoms with E-state index in [1.54, 1.807) is 0 Å². The van der Waals surface area contributed by atoms with Gasteiger partial charge in [0.05, 0.1) is 0 Å². The minimum Gasteiger partial charge on any atom is -0.437 e. The van der Waals surface area contributed by atoms with Gasteiger partial charge in [-0.05, 0) is 30.5 Å². The number of carbonyl (C=O) groups excluding carboxylic acids is 1. The van der Waals surface area contributed by atoms with E-state index in [9.17, 15) is 26.7 Å². The van der Waals surface area contributed by atoms with Crippen molar-refractivity contribution in [3.63, 3.8) is 0 Å². The van der Waals surface area contributed by atoms with Gasteiger partial charge in [0, 0.05) is 65.2 Å². The third-order valence-corrected chi connectivity index (χ3v) is 6.30. The number of likely N-dealkylation sites (tertiary alicyclic amines) is 1. The van der Waals surface area contributed by atoms with Gasteiger partial charge >= 0.3 is 12.3 Å². The van der Waals surface area contributed by atoms with Crippen LogP contribution in [-0.4, -0.2) is 78.3 Å². The van der Waals surface area contributed by atoms with Gasteiger partial charge in [0.25, 0.3) is 5.92 Å². The van der Waals surface area contributed by atoms with Crippen molar-refractivity contribution in [2.45, 2.75) is 58.0 Å². The lowest BCUT2D eigenvalue weighted by Gasteiger charge is -2.35. The summed E-state index contributed by atoms with van der Waals surface area (Å²) in [6.07, 6.45) is -7.88. The van der Waals surface area contributed by atoms with E-state index in [-0.39, 0.29) is 12.8 Å². The maximum Gasteiger partial charge on any atom is 0.425 e. The molecule has 2 aliphatic rings. The van der Waals surface area contributed by atoms with Crippen LogP contribution in [0.5, 0.6) is 0 Å². The number of halogens is 5. The van der Waals surface area contributed by atoms with Crippen LogP contribution < -0.4 is 0 Å². The molecule has 2 heterocycles. The Morgan fingerprint density at radius 1 is 1.00 bits per heavy atom. The molecule has 180 valence electrons. The molecule has 1 atom stereocenters. The highest BCUT2D eigenvalue weighted by molar-refractivity contribution is 5.68. The zero-order valence-electron chi connectivity index (χ0n) is 18.4. The Hall–Kier alpha value is -1.94. The monoisotopic (exact) mass is 463 g/mol. The number of amides is 1. The molecule has 2 aliphatic heterocycles. The summed E-state index contributed by atoms with van der Waals surface area (Å²) >= 11 is 0. The molecule has 1 amide bonds. The summed E-state index contributed by atoms with van der Waals surface area (Å²) in [6.45, 7) is 6.53. The normalized spacial score (nSPS) is 21.4. The molecule has 1 unspecified atom stereocenters. The quantitative estimate of drug-likeness (QED) is 0.606. The molecule has 0 radical (unpaired) electrons. The maximum atomic E-state index is 13.4. The number of hydrogen-bond acceptors (Lipinski definition) is 4. The topological polar surface area (TPSA) is 36.0 Å². The van der Waals surface area contributed by atoms with Crippen LogP contribution in [0, 0.1) is 6.92 Å². The second kappa shape index (κ2) is 9.91. The average Bonchev–Trinajstić information content (AvgIpc) is 2.72. The van der Waals surface area contributed by atoms with E-state index >= 15 is 0 Å². The summed E-state index contributed by atoms with van der Waals surface area (Å²) in [5, 5.41) is 0. The average molecular weight is 463 g/mol. The second-order valence-electron chi connectivity index (χ2n) is 8.66. The van der Waals surface area contributed by atoms with Gasteiger partial charge in [-0.15, -0.1) is 0 Å². The molecule has 1 aromatic rings. The highest BCUT2D eigenvalue weighted by atomic mass is 19.4. The van der Waals surface area contributed by atoms with Crippen LogP contribution in [0.4, 0.5) is 26.7 Å². The number of ether oxygens (including phenoxy) is 1. The summed E-state index contributed by atoms with van der Waals surface area (Å²) in [5.41, 5.74) is 3.34. The van der Waals surface area contributed by atoms with Crippen LogP contribution in [0.15, 0.2) is 18.2 Å². The lowest BCUT2D eigenvalue weighted by molar-refractivity contribution is -0.200. The molecule has 0 saturated carbocycles. The molecule has 2 saturated heterocycles. The number of benzene rings is 1. The predicted molar refractivity (Wildman–Crippen MR) is 109 cm³/mol. The van der Waals surface area contributed by atoms with Gasteiger partial charge in [-0.3, -0.25) is 9.80 Å². The van der Waals surface area contributed by atoms with Gasteiger partial charge in [-0.25, -0.2) is 13.6 Å². The molecular formula is C22H30F5N3O2. The van der Waals surface area contributed by atoms with E-state index in [2.05, 4.69) is 14.5 Å². The number of nitrogens with zero attached hydrogens (tertiary/aromatic N) is 3. The summed E-state index contributed by atoms with van der Waals surface area (Å²) < 4.78 is 69.1. The van der Waals surface area contributed by atoms with Crippen molar-refractivity contribution >= 4 is 6.09 Å². The molecule has 0 aliphatic carbocycles. The number of hydrogen-bond donors (Lipinski definition) is 0. The second-order valence-corrected chi connectivity index (χ2v) is 8.66. The van der Waals surface area contributed by atoms with Crippen LogP contribution in [0.25, 0.3) is 0 Å². The third-order valence-electron chi connectivity index (χ3n) is 6.30. The first-order valence-electron chi connectivity index (χ1n) is 10.9. The van der Waals surface area contributed by atoms with Crippen LogP contribution >= 0.6 is 0 Å². The molecule has 32 heavy (non-hydrogen) atoms. The van der Waals surface area contributed by atoms with Crippen molar-refractivity contribution in [1.82, 2.24) is 14.7 Å². The van der Waals surface area contributed by atoms with E-state index < -0.39 is 24.3 Å². The van der Waals surface area contributed by atoms with Gasteiger partial charge in [0.1, 0.15) is 0 Å².